The second-order valence-corrected chi connectivity index (χ2v) is 6.08. The topological polar surface area (TPSA) is 102 Å². The first-order valence-electron chi connectivity index (χ1n) is 8.53. The quantitative estimate of drug-likeness (QED) is 0.775. The van der Waals surface area contributed by atoms with Gasteiger partial charge in [-0.05, 0) is 36.4 Å². The van der Waals surface area contributed by atoms with Gasteiger partial charge in [-0.2, -0.15) is 0 Å². The summed E-state index contributed by atoms with van der Waals surface area (Å²) in [5, 5.41) is 14.4. The Labute approximate surface area is 156 Å². The van der Waals surface area contributed by atoms with Crippen molar-refractivity contribution in [3.63, 3.8) is 0 Å². The second kappa shape index (κ2) is 8.22. The molecule has 3 rings (SSSR count). The Morgan fingerprint density at radius 1 is 0.741 bits per heavy atom. The van der Waals surface area contributed by atoms with Crippen molar-refractivity contribution >= 4 is 29.4 Å². The standard InChI is InChI=1S/C19H20N4O4/c24-17(22-10-12-23(13-11-22)19(26)27)14-6-8-16(9-7-14)21-18(25)20-15-4-2-1-3-5-15/h1-9H,10-13H2,(H,26,27)(H2,20,21,25). The first-order valence-corrected chi connectivity index (χ1v) is 8.53. The molecule has 0 radical (unpaired) electrons. The van der Waals surface area contributed by atoms with Crippen molar-refractivity contribution in [2.75, 3.05) is 36.8 Å². The molecule has 1 fully saturated rings. The minimum Gasteiger partial charge on any atom is -0.465 e. The highest BCUT2D eigenvalue weighted by Crippen LogP contribution is 2.14. The predicted octanol–water partition coefficient (Wildman–Crippen LogP) is 2.77. The Kier molecular flexibility index (Phi) is 5.55. The van der Waals surface area contributed by atoms with Crippen LogP contribution in [0.4, 0.5) is 21.0 Å². The van der Waals surface area contributed by atoms with Crippen LogP contribution in [-0.2, 0) is 0 Å². The van der Waals surface area contributed by atoms with Crippen LogP contribution in [0.2, 0.25) is 0 Å². The van der Waals surface area contributed by atoms with Crippen LogP contribution >= 0.6 is 0 Å². The molecular formula is C19H20N4O4. The molecule has 1 aliphatic rings. The molecule has 2 aromatic rings. The van der Waals surface area contributed by atoms with E-state index in [1.165, 1.54) is 4.90 Å². The average Bonchev–Trinajstić information content (AvgIpc) is 2.69. The molecule has 0 unspecified atom stereocenters. The van der Waals surface area contributed by atoms with Gasteiger partial charge in [-0.3, -0.25) is 4.79 Å². The van der Waals surface area contributed by atoms with Gasteiger partial charge in [0.1, 0.15) is 0 Å². The minimum absolute atomic E-state index is 0.152. The van der Waals surface area contributed by atoms with Crippen molar-refractivity contribution < 1.29 is 19.5 Å². The summed E-state index contributed by atoms with van der Waals surface area (Å²) in [5.41, 5.74) is 1.74. The zero-order chi connectivity index (χ0) is 19.2. The number of urea groups is 1. The molecule has 8 heteroatoms. The molecule has 1 saturated heterocycles. The van der Waals surface area contributed by atoms with E-state index in [-0.39, 0.29) is 11.9 Å². The molecule has 140 valence electrons. The Balaban J connectivity index is 1.54. The lowest BCUT2D eigenvalue weighted by Crippen LogP contribution is -2.50. The number of para-hydroxylation sites is 1. The number of carbonyl (C=O) groups excluding carboxylic acids is 2. The van der Waals surface area contributed by atoms with Gasteiger partial charge in [-0.15, -0.1) is 0 Å². The summed E-state index contributed by atoms with van der Waals surface area (Å²) in [5.74, 6) is -0.152. The van der Waals surface area contributed by atoms with Gasteiger partial charge in [-0.1, -0.05) is 18.2 Å². The number of anilines is 2. The third kappa shape index (κ3) is 4.75. The summed E-state index contributed by atoms with van der Waals surface area (Å²) in [6, 6.07) is 15.3. The molecule has 0 atom stereocenters. The normalized spacial score (nSPS) is 13.8. The fourth-order valence-electron chi connectivity index (χ4n) is 2.79. The fourth-order valence-corrected chi connectivity index (χ4v) is 2.79. The Morgan fingerprint density at radius 2 is 1.26 bits per heavy atom. The van der Waals surface area contributed by atoms with Crippen LogP contribution in [0.3, 0.4) is 0 Å². The van der Waals surface area contributed by atoms with Gasteiger partial charge in [0.05, 0.1) is 0 Å². The van der Waals surface area contributed by atoms with E-state index in [0.29, 0.717) is 43.1 Å². The number of nitrogens with one attached hydrogen (secondary N) is 2. The van der Waals surface area contributed by atoms with Crippen LogP contribution in [0.1, 0.15) is 10.4 Å². The minimum atomic E-state index is -0.966. The van der Waals surface area contributed by atoms with E-state index < -0.39 is 6.09 Å². The molecule has 4 amide bonds. The lowest BCUT2D eigenvalue weighted by Gasteiger charge is -2.33. The van der Waals surface area contributed by atoms with Gasteiger partial charge in [0, 0.05) is 43.1 Å². The van der Waals surface area contributed by atoms with Crippen LogP contribution in [0.15, 0.2) is 54.6 Å². The van der Waals surface area contributed by atoms with Crippen LogP contribution in [-0.4, -0.2) is 59.1 Å². The van der Waals surface area contributed by atoms with E-state index in [1.54, 1.807) is 41.3 Å². The molecule has 2 aromatic carbocycles. The summed E-state index contributed by atoms with van der Waals surface area (Å²) in [4.78, 5) is 38.3. The zero-order valence-corrected chi connectivity index (χ0v) is 14.6. The molecular weight excluding hydrogens is 348 g/mol. The van der Waals surface area contributed by atoms with Crippen molar-refractivity contribution in [3.8, 4) is 0 Å². The Bertz CT molecular complexity index is 815. The third-order valence-corrected chi connectivity index (χ3v) is 4.26. The van der Waals surface area contributed by atoms with Gasteiger partial charge < -0.3 is 25.5 Å². The smallest absolute Gasteiger partial charge is 0.407 e. The van der Waals surface area contributed by atoms with Crippen LogP contribution < -0.4 is 10.6 Å². The van der Waals surface area contributed by atoms with Crippen molar-refractivity contribution in [3.05, 3.63) is 60.2 Å². The number of benzene rings is 2. The summed E-state index contributed by atoms with van der Waals surface area (Å²) >= 11 is 0. The number of nitrogens with zero attached hydrogens (tertiary/aromatic N) is 2. The first-order chi connectivity index (χ1) is 13.0. The molecule has 0 bridgehead atoms. The van der Waals surface area contributed by atoms with E-state index in [9.17, 15) is 14.4 Å². The van der Waals surface area contributed by atoms with Crippen LogP contribution in [0.5, 0.6) is 0 Å². The number of piperazine rings is 1. The second-order valence-electron chi connectivity index (χ2n) is 6.08. The molecule has 0 aromatic heterocycles. The van der Waals surface area contributed by atoms with E-state index in [0.717, 1.165) is 0 Å². The Morgan fingerprint density at radius 3 is 1.81 bits per heavy atom. The number of hydrogen-bond acceptors (Lipinski definition) is 3. The molecule has 27 heavy (non-hydrogen) atoms. The summed E-state index contributed by atoms with van der Waals surface area (Å²) < 4.78 is 0. The van der Waals surface area contributed by atoms with Gasteiger partial charge in [-0.25, -0.2) is 9.59 Å². The number of hydrogen-bond donors (Lipinski definition) is 3. The summed E-state index contributed by atoms with van der Waals surface area (Å²) in [6.45, 7) is 1.34. The molecule has 1 heterocycles. The maximum absolute atomic E-state index is 12.5. The van der Waals surface area contributed by atoms with E-state index in [2.05, 4.69) is 10.6 Å². The summed E-state index contributed by atoms with van der Waals surface area (Å²) in [7, 11) is 0. The van der Waals surface area contributed by atoms with Gasteiger partial charge >= 0.3 is 12.1 Å². The number of amides is 4. The van der Waals surface area contributed by atoms with Crippen molar-refractivity contribution in [2.24, 2.45) is 0 Å². The van der Waals surface area contributed by atoms with E-state index in [1.807, 2.05) is 18.2 Å². The third-order valence-electron chi connectivity index (χ3n) is 4.26. The van der Waals surface area contributed by atoms with E-state index >= 15 is 0 Å². The van der Waals surface area contributed by atoms with Gasteiger partial charge in [0.15, 0.2) is 0 Å². The molecule has 0 saturated carbocycles. The molecule has 8 nitrogen and oxygen atoms in total. The number of carbonyl (C=O) groups is 3. The van der Waals surface area contributed by atoms with Gasteiger partial charge in [0.2, 0.25) is 0 Å². The van der Waals surface area contributed by atoms with Crippen molar-refractivity contribution in [2.45, 2.75) is 0 Å². The SMILES string of the molecule is O=C(Nc1ccccc1)Nc1ccc(C(=O)N2CCN(C(=O)O)CC2)cc1. The lowest BCUT2D eigenvalue weighted by atomic mass is 10.1. The summed E-state index contributed by atoms with van der Waals surface area (Å²) in [6.07, 6.45) is -0.966. The maximum atomic E-state index is 12.5. The monoisotopic (exact) mass is 368 g/mol. The number of rotatable bonds is 3. The molecule has 0 aliphatic carbocycles. The highest BCUT2D eigenvalue weighted by molar-refractivity contribution is 6.00. The molecule has 1 aliphatic heterocycles. The first kappa shape index (κ1) is 18.2. The van der Waals surface area contributed by atoms with Crippen molar-refractivity contribution in [1.29, 1.82) is 0 Å². The number of carboxylic acid groups (broad SMARTS) is 1. The van der Waals surface area contributed by atoms with Crippen LogP contribution in [0.25, 0.3) is 0 Å². The molecule has 0 spiro atoms. The highest BCUT2D eigenvalue weighted by Gasteiger charge is 2.24. The molecule has 3 N–H and O–H groups in total. The van der Waals surface area contributed by atoms with Crippen LogP contribution in [0, 0.1) is 0 Å². The maximum Gasteiger partial charge on any atom is 0.407 e. The Hall–Kier alpha value is -3.55. The highest BCUT2D eigenvalue weighted by atomic mass is 16.4. The average molecular weight is 368 g/mol. The fraction of sp³-hybridized carbons (Fsp3) is 0.211. The predicted molar refractivity (Wildman–Crippen MR) is 101 cm³/mol. The van der Waals surface area contributed by atoms with Crippen molar-refractivity contribution in [1.82, 2.24) is 9.80 Å². The zero-order valence-electron chi connectivity index (χ0n) is 14.6. The van der Waals surface area contributed by atoms with E-state index in [4.69, 9.17) is 5.11 Å². The lowest BCUT2D eigenvalue weighted by molar-refractivity contribution is 0.0625. The van der Waals surface area contributed by atoms with Gasteiger partial charge in [0.25, 0.3) is 5.91 Å². The largest absolute Gasteiger partial charge is 0.465 e.